The molecule has 1 saturated heterocycles. The molecule has 1 rings (SSSR count). The number of methoxy groups -OCH3 is 1. The Morgan fingerprint density at radius 3 is 2.80 bits per heavy atom. The summed E-state index contributed by atoms with van der Waals surface area (Å²) in [6.45, 7) is 0.396. The summed E-state index contributed by atoms with van der Waals surface area (Å²) in [5, 5.41) is 8.45. The summed E-state index contributed by atoms with van der Waals surface area (Å²) < 4.78 is 9.80. The van der Waals surface area contributed by atoms with Gasteiger partial charge in [0.2, 0.25) is 0 Å². The Morgan fingerprint density at radius 1 is 1.80 bits per heavy atom. The number of aliphatic carboxylic acids is 1. The first-order valence-corrected chi connectivity index (χ1v) is 3.11. The third-order valence-corrected chi connectivity index (χ3v) is 1.57. The minimum absolute atomic E-state index is 0.0406. The van der Waals surface area contributed by atoms with Gasteiger partial charge in [-0.15, -0.1) is 0 Å². The molecule has 0 aromatic heterocycles. The molecule has 0 aromatic carbocycles. The second kappa shape index (κ2) is 2.98. The van der Waals surface area contributed by atoms with Crippen LogP contribution in [0.3, 0.4) is 0 Å². The van der Waals surface area contributed by atoms with Gasteiger partial charge in [0.15, 0.2) is 6.10 Å². The molecule has 0 saturated carbocycles. The molecule has 2 atom stereocenters. The van der Waals surface area contributed by atoms with Gasteiger partial charge in [0.05, 0.1) is 12.7 Å². The molecule has 1 aliphatic rings. The highest BCUT2D eigenvalue weighted by atomic mass is 16.6. The van der Waals surface area contributed by atoms with E-state index in [0.717, 1.165) is 0 Å². The minimum Gasteiger partial charge on any atom is -0.479 e. The number of hydrogen-bond acceptors (Lipinski definition) is 3. The van der Waals surface area contributed by atoms with Crippen LogP contribution in [-0.2, 0) is 14.3 Å². The fourth-order valence-electron chi connectivity index (χ4n) is 0.935. The third-order valence-electron chi connectivity index (χ3n) is 1.57. The first-order chi connectivity index (χ1) is 4.74. The standard InChI is InChI=1S/C6H10O4/c1-9-4-2-5(6(7)8)10-3-4/h4-5H,2-3H2,1H3,(H,7,8). The number of carbonyl (C=O) groups is 1. The monoisotopic (exact) mass is 146 g/mol. The number of hydrogen-bond donors (Lipinski definition) is 1. The molecular formula is C6H10O4. The van der Waals surface area contributed by atoms with Crippen molar-refractivity contribution >= 4 is 5.97 Å². The number of rotatable bonds is 2. The van der Waals surface area contributed by atoms with Crippen LogP contribution in [-0.4, -0.2) is 37.0 Å². The van der Waals surface area contributed by atoms with Crippen molar-refractivity contribution in [1.82, 2.24) is 0 Å². The van der Waals surface area contributed by atoms with Crippen LogP contribution in [0.2, 0.25) is 0 Å². The van der Waals surface area contributed by atoms with Crippen molar-refractivity contribution in [2.75, 3.05) is 13.7 Å². The van der Waals surface area contributed by atoms with Gasteiger partial charge in [0.1, 0.15) is 0 Å². The molecule has 0 amide bonds. The molecule has 10 heavy (non-hydrogen) atoms. The summed E-state index contributed by atoms with van der Waals surface area (Å²) in [7, 11) is 1.55. The lowest BCUT2D eigenvalue weighted by Crippen LogP contribution is -2.18. The van der Waals surface area contributed by atoms with Crippen LogP contribution in [0.1, 0.15) is 6.42 Å². The molecule has 2 unspecified atom stereocenters. The quantitative estimate of drug-likeness (QED) is 0.589. The van der Waals surface area contributed by atoms with E-state index in [1.807, 2.05) is 0 Å². The summed E-state index contributed by atoms with van der Waals surface area (Å²) in [4.78, 5) is 10.3. The first-order valence-electron chi connectivity index (χ1n) is 3.11. The van der Waals surface area contributed by atoms with Crippen LogP contribution in [0.5, 0.6) is 0 Å². The normalized spacial score (nSPS) is 32.5. The van der Waals surface area contributed by atoms with Crippen LogP contribution in [0.15, 0.2) is 0 Å². The highest BCUT2D eigenvalue weighted by Crippen LogP contribution is 2.15. The maximum Gasteiger partial charge on any atom is 0.332 e. The van der Waals surface area contributed by atoms with Gasteiger partial charge >= 0.3 is 5.97 Å². The maximum atomic E-state index is 10.3. The molecule has 0 aliphatic carbocycles. The number of ether oxygens (including phenoxy) is 2. The van der Waals surface area contributed by atoms with Crippen molar-refractivity contribution in [3.63, 3.8) is 0 Å². The zero-order chi connectivity index (χ0) is 7.56. The molecule has 0 bridgehead atoms. The second-order valence-corrected chi connectivity index (χ2v) is 2.25. The van der Waals surface area contributed by atoms with Crippen LogP contribution in [0.4, 0.5) is 0 Å². The summed E-state index contributed by atoms with van der Waals surface area (Å²) in [6, 6.07) is 0. The highest BCUT2D eigenvalue weighted by Gasteiger charge is 2.30. The number of carboxylic acids is 1. The Morgan fingerprint density at radius 2 is 2.50 bits per heavy atom. The molecular weight excluding hydrogens is 136 g/mol. The second-order valence-electron chi connectivity index (χ2n) is 2.25. The topological polar surface area (TPSA) is 55.8 Å². The smallest absolute Gasteiger partial charge is 0.332 e. The largest absolute Gasteiger partial charge is 0.479 e. The highest BCUT2D eigenvalue weighted by molar-refractivity contribution is 5.72. The molecule has 1 heterocycles. The van der Waals surface area contributed by atoms with Crippen molar-refractivity contribution in [2.45, 2.75) is 18.6 Å². The van der Waals surface area contributed by atoms with Gasteiger partial charge < -0.3 is 14.6 Å². The molecule has 58 valence electrons. The molecule has 1 aliphatic heterocycles. The SMILES string of the molecule is COC1COC(C(=O)O)C1. The van der Waals surface area contributed by atoms with E-state index in [1.54, 1.807) is 7.11 Å². The summed E-state index contributed by atoms with van der Waals surface area (Å²) >= 11 is 0. The van der Waals surface area contributed by atoms with E-state index in [0.29, 0.717) is 13.0 Å². The van der Waals surface area contributed by atoms with Crippen molar-refractivity contribution < 1.29 is 19.4 Å². The lowest BCUT2D eigenvalue weighted by molar-refractivity contribution is -0.147. The van der Waals surface area contributed by atoms with E-state index in [9.17, 15) is 4.79 Å². The summed E-state index contributed by atoms with van der Waals surface area (Å²) in [5.74, 6) is -0.903. The van der Waals surface area contributed by atoms with E-state index < -0.39 is 12.1 Å². The van der Waals surface area contributed by atoms with E-state index in [-0.39, 0.29) is 6.10 Å². The van der Waals surface area contributed by atoms with Gasteiger partial charge in [0, 0.05) is 13.5 Å². The minimum atomic E-state index is -0.903. The predicted molar refractivity (Wildman–Crippen MR) is 32.8 cm³/mol. The summed E-state index contributed by atoms with van der Waals surface area (Å²) in [5.41, 5.74) is 0. The van der Waals surface area contributed by atoms with Crippen molar-refractivity contribution in [2.24, 2.45) is 0 Å². The third kappa shape index (κ3) is 1.46. The maximum absolute atomic E-state index is 10.3. The Labute approximate surface area is 58.7 Å². The average Bonchev–Trinajstić information content (AvgIpc) is 2.34. The molecule has 4 nitrogen and oxygen atoms in total. The van der Waals surface area contributed by atoms with Gasteiger partial charge in [0.25, 0.3) is 0 Å². The number of carboxylic acid groups (broad SMARTS) is 1. The van der Waals surface area contributed by atoms with Crippen molar-refractivity contribution in [1.29, 1.82) is 0 Å². The van der Waals surface area contributed by atoms with Gasteiger partial charge in [-0.2, -0.15) is 0 Å². The van der Waals surface area contributed by atoms with Gasteiger partial charge in [-0.1, -0.05) is 0 Å². The van der Waals surface area contributed by atoms with E-state index in [2.05, 4.69) is 0 Å². The van der Waals surface area contributed by atoms with Gasteiger partial charge in [-0.05, 0) is 0 Å². The fraction of sp³-hybridized carbons (Fsp3) is 0.833. The molecule has 0 aromatic rings. The van der Waals surface area contributed by atoms with E-state index in [1.165, 1.54) is 0 Å². The van der Waals surface area contributed by atoms with Crippen molar-refractivity contribution in [3.8, 4) is 0 Å². The molecule has 1 N–H and O–H groups in total. The average molecular weight is 146 g/mol. The molecule has 1 fully saturated rings. The van der Waals surface area contributed by atoms with E-state index >= 15 is 0 Å². The lowest BCUT2D eigenvalue weighted by atomic mass is 10.2. The molecule has 0 radical (unpaired) electrons. The first kappa shape index (κ1) is 7.50. The Hall–Kier alpha value is -0.610. The zero-order valence-corrected chi connectivity index (χ0v) is 5.74. The lowest BCUT2D eigenvalue weighted by Gasteiger charge is -2.01. The molecule has 4 heteroatoms. The van der Waals surface area contributed by atoms with Gasteiger partial charge in [-0.25, -0.2) is 4.79 Å². The van der Waals surface area contributed by atoms with E-state index in [4.69, 9.17) is 14.6 Å². The van der Waals surface area contributed by atoms with Crippen LogP contribution in [0, 0.1) is 0 Å². The fourth-order valence-corrected chi connectivity index (χ4v) is 0.935. The van der Waals surface area contributed by atoms with Crippen LogP contribution in [0.25, 0.3) is 0 Å². The van der Waals surface area contributed by atoms with Crippen LogP contribution < -0.4 is 0 Å². The Bertz CT molecular complexity index is 134. The predicted octanol–water partition coefficient (Wildman–Crippen LogP) is -0.125. The Balaban J connectivity index is 2.35. The Kier molecular flexibility index (Phi) is 2.24. The van der Waals surface area contributed by atoms with Crippen molar-refractivity contribution in [3.05, 3.63) is 0 Å². The summed E-state index contributed by atoms with van der Waals surface area (Å²) in [6.07, 6.45) is -0.239. The molecule has 0 spiro atoms. The van der Waals surface area contributed by atoms with Gasteiger partial charge in [-0.3, -0.25) is 0 Å². The zero-order valence-electron chi connectivity index (χ0n) is 5.74. The van der Waals surface area contributed by atoms with Crippen LogP contribution >= 0.6 is 0 Å².